The number of aliphatic carboxylic acids is 1. The van der Waals surface area contributed by atoms with Gasteiger partial charge in [-0.3, -0.25) is 0 Å². The van der Waals surface area contributed by atoms with E-state index in [1.807, 2.05) is 25.1 Å². The highest BCUT2D eigenvalue weighted by molar-refractivity contribution is 5.85. The largest absolute Gasteiger partial charge is 0.478 e. The lowest BCUT2D eigenvalue weighted by atomic mass is 10.1. The van der Waals surface area contributed by atoms with E-state index in [1.165, 1.54) is 24.3 Å². The van der Waals surface area contributed by atoms with Crippen molar-refractivity contribution in [2.75, 3.05) is 0 Å². The summed E-state index contributed by atoms with van der Waals surface area (Å²) in [5.74, 6) is -0.509. The lowest BCUT2D eigenvalue weighted by Gasteiger charge is -2.11. The van der Waals surface area contributed by atoms with Gasteiger partial charge in [0.1, 0.15) is 17.3 Å². The molecule has 0 aliphatic carbocycles. The molecule has 0 spiro atoms. The number of ether oxygens (including phenoxy) is 1. The van der Waals surface area contributed by atoms with Gasteiger partial charge in [-0.1, -0.05) is 18.2 Å². The van der Waals surface area contributed by atoms with Crippen LogP contribution in [0.5, 0.6) is 11.5 Å². The molecule has 102 valence electrons. The average Bonchev–Trinajstić information content (AvgIpc) is 2.41. The number of carboxylic acid groups (broad SMARTS) is 1. The van der Waals surface area contributed by atoms with Gasteiger partial charge in [0.05, 0.1) is 0 Å². The second-order valence-electron chi connectivity index (χ2n) is 4.22. The Morgan fingerprint density at radius 2 is 1.95 bits per heavy atom. The molecule has 3 nitrogen and oxygen atoms in total. The molecule has 0 saturated carbocycles. The fourth-order valence-electron chi connectivity index (χ4n) is 1.69. The normalized spacial score (nSPS) is 10.7. The van der Waals surface area contributed by atoms with Crippen LogP contribution in [0, 0.1) is 12.7 Å². The van der Waals surface area contributed by atoms with Gasteiger partial charge in [-0.05, 0) is 42.8 Å². The Morgan fingerprint density at radius 1 is 1.20 bits per heavy atom. The summed E-state index contributed by atoms with van der Waals surface area (Å²) in [5, 5.41) is 8.65. The third-order valence-electron chi connectivity index (χ3n) is 2.69. The van der Waals surface area contributed by atoms with Crippen molar-refractivity contribution in [2.24, 2.45) is 0 Å². The highest BCUT2D eigenvalue weighted by Crippen LogP contribution is 2.29. The van der Waals surface area contributed by atoms with Crippen molar-refractivity contribution in [1.82, 2.24) is 0 Å². The molecule has 2 rings (SSSR count). The minimum absolute atomic E-state index is 0.371. The highest BCUT2D eigenvalue weighted by atomic mass is 19.1. The quantitative estimate of drug-likeness (QED) is 0.855. The van der Waals surface area contributed by atoms with Crippen LogP contribution in [0.3, 0.4) is 0 Å². The number of carboxylic acids is 1. The van der Waals surface area contributed by atoms with E-state index >= 15 is 0 Å². The fraction of sp³-hybridized carbons (Fsp3) is 0.0625. The van der Waals surface area contributed by atoms with Crippen molar-refractivity contribution < 1.29 is 19.0 Å². The lowest BCUT2D eigenvalue weighted by Crippen LogP contribution is -1.92. The van der Waals surface area contributed by atoms with Crippen LogP contribution in [0.2, 0.25) is 0 Å². The molecule has 0 aromatic heterocycles. The van der Waals surface area contributed by atoms with Gasteiger partial charge in [0.25, 0.3) is 0 Å². The molecule has 0 unspecified atom stereocenters. The van der Waals surface area contributed by atoms with Gasteiger partial charge >= 0.3 is 5.97 Å². The molecule has 20 heavy (non-hydrogen) atoms. The molecule has 0 radical (unpaired) electrons. The van der Waals surface area contributed by atoms with Crippen LogP contribution in [0.4, 0.5) is 4.39 Å². The summed E-state index contributed by atoms with van der Waals surface area (Å²) in [5.41, 5.74) is 1.31. The summed E-state index contributed by atoms with van der Waals surface area (Å²) in [6.07, 6.45) is 2.25. The van der Waals surface area contributed by atoms with Crippen molar-refractivity contribution in [1.29, 1.82) is 0 Å². The number of carbonyl (C=O) groups is 1. The molecule has 0 amide bonds. The monoisotopic (exact) mass is 272 g/mol. The minimum atomic E-state index is -1.10. The molecule has 2 aromatic rings. The first-order valence-corrected chi connectivity index (χ1v) is 6.00. The molecule has 0 heterocycles. The zero-order valence-electron chi connectivity index (χ0n) is 10.8. The smallest absolute Gasteiger partial charge is 0.328 e. The van der Waals surface area contributed by atoms with Gasteiger partial charge in [-0.25, -0.2) is 9.18 Å². The van der Waals surface area contributed by atoms with Crippen LogP contribution in [-0.2, 0) is 4.79 Å². The Balaban J connectivity index is 2.36. The zero-order chi connectivity index (χ0) is 14.5. The van der Waals surface area contributed by atoms with Gasteiger partial charge in [0, 0.05) is 11.6 Å². The minimum Gasteiger partial charge on any atom is -0.478 e. The number of halogens is 1. The van der Waals surface area contributed by atoms with Crippen molar-refractivity contribution in [3.63, 3.8) is 0 Å². The summed E-state index contributed by atoms with van der Waals surface area (Å²) in [4.78, 5) is 10.6. The molecular weight excluding hydrogens is 259 g/mol. The standard InChI is InChI=1S/C16H13FO3/c1-11-4-2-3-5-14(11)20-15-8-7-13(17)10-12(15)6-9-16(18)19/h2-10H,1H3,(H,18,19)/b9-6+. The number of hydrogen-bond acceptors (Lipinski definition) is 2. The number of hydrogen-bond donors (Lipinski definition) is 1. The SMILES string of the molecule is Cc1ccccc1Oc1ccc(F)cc1/C=C/C(=O)O. The van der Waals surface area contributed by atoms with E-state index in [2.05, 4.69) is 0 Å². The molecule has 0 bridgehead atoms. The number of rotatable bonds is 4. The fourth-order valence-corrected chi connectivity index (χ4v) is 1.69. The first kappa shape index (κ1) is 13.8. The third kappa shape index (κ3) is 3.45. The predicted octanol–water partition coefficient (Wildman–Crippen LogP) is 4.02. The molecule has 0 atom stereocenters. The topological polar surface area (TPSA) is 46.5 Å². The molecule has 0 fully saturated rings. The van der Waals surface area contributed by atoms with Crippen molar-refractivity contribution >= 4 is 12.0 Å². The summed E-state index contributed by atoms with van der Waals surface area (Å²) < 4.78 is 19.0. The summed E-state index contributed by atoms with van der Waals surface area (Å²) in [6.45, 7) is 1.89. The van der Waals surface area contributed by atoms with E-state index < -0.39 is 11.8 Å². The maximum atomic E-state index is 13.3. The van der Waals surface area contributed by atoms with E-state index in [4.69, 9.17) is 9.84 Å². The number of benzene rings is 2. The Kier molecular flexibility index (Phi) is 4.15. The highest BCUT2D eigenvalue weighted by Gasteiger charge is 2.06. The average molecular weight is 272 g/mol. The molecule has 0 saturated heterocycles. The first-order chi connectivity index (χ1) is 9.56. The second-order valence-corrected chi connectivity index (χ2v) is 4.22. The lowest BCUT2D eigenvalue weighted by molar-refractivity contribution is -0.131. The summed E-state index contributed by atoms with van der Waals surface area (Å²) >= 11 is 0. The molecule has 0 aliphatic heterocycles. The van der Waals surface area contributed by atoms with Gasteiger partial charge in [-0.2, -0.15) is 0 Å². The number of para-hydroxylation sites is 1. The molecular formula is C16H13FO3. The summed E-state index contributed by atoms with van der Waals surface area (Å²) in [6, 6.07) is 11.4. The molecule has 4 heteroatoms. The Labute approximate surface area is 115 Å². The third-order valence-corrected chi connectivity index (χ3v) is 2.69. The molecule has 0 aliphatic rings. The van der Waals surface area contributed by atoms with Gasteiger partial charge < -0.3 is 9.84 Å². The van der Waals surface area contributed by atoms with Crippen LogP contribution in [0.1, 0.15) is 11.1 Å². The van der Waals surface area contributed by atoms with E-state index in [0.717, 1.165) is 11.6 Å². The van der Waals surface area contributed by atoms with Gasteiger partial charge in [0.15, 0.2) is 0 Å². The Hall–Kier alpha value is -2.62. The number of aryl methyl sites for hydroxylation is 1. The van der Waals surface area contributed by atoms with Crippen LogP contribution in [-0.4, -0.2) is 11.1 Å². The van der Waals surface area contributed by atoms with Crippen LogP contribution in [0.15, 0.2) is 48.5 Å². The molecule has 1 N–H and O–H groups in total. The van der Waals surface area contributed by atoms with E-state index in [0.29, 0.717) is 17.1 Å². The Morgan fingerprint density at radius 3 is 2.65 bits per heavy atom. The Bertz CT molecular complexity index is 663. The zero-order valence-corrected chi connectivity index (χ0v) is 10.8. The van der Waals surface area contributed by atoms with Crippen molar-refractivity contribution in [3.8, 4) is 11.5 Å². The van der Waals surface area contributed by atoms with Gasteiger partial charge in [-0.15, -0.1) is 0 Å². The second kappa shape index (κ2) is 6.02. The van der Waals surface area contributed by atoms with E-state index in [9.17, 15) is 9.18 Å². The predicted molar refractivity (Wildman–Crippen MR) is 74.3 cm³/mol. The molecule has 2 aromatic carbocycles. The van der Waals surface area contributed by atoms with Crippen LogP contribution in [0.25, 0.3) is 6.08 Å². The van der Waals surface area contributed by atoms with Gasteiger partial charge in [0.2, 0.25) is 0 Å². The first-order valence-electron chi connectivity index (χ1n) is 6.00. The van der Waals surface area contributed by atoms with Crippen LogP contribution >= 0.6 is 0 Å². The van der Waals surface area contributed by atoms with E-state index in [1.54, 1.807) is 6.07 Å². The van der Waals surface area contributed by atoms with Crippen molar-refractivity contribution in [3.05, 3.63) is 65.5 Å². The van der Waals surface area contributed by atoms with Crippen molar-refractivity contribution in [2.45, 2.75) is 6.92 Å². The maximum absolute atomic E-state index is 13.3. The summed E-state index contributed by atoms with van der Waals surface area (Å²) in [7, 11) is 0. The maximum Gasteiger partial charge on any atom is 0.328 e. The van der Waals surface area contributed by atoms with Crippen LogP contribution < -0.4 is 4.74 Å². The van der Waals surface area contributed by atoms with E-state index in [-0.39, 0.29) is 0 Å².